The summed E-state index contributed by atoms with van der Waals surface area (Å²) in [4.78, 5) is 28.0. The van der Waals surface area contributed by atoms with Crippen LogP contribution in [0, 0.1) is 0 Å². The van der Waals surface area contributed by atoms with Gasteiger partial charge in [-0.3, -0.25) is 14.3 Å². The summed E-state index contributed by atoms with van der Waals surface area (Å²) in [6.45, 7) is 3.68. The molecule has 0 bridgehead atoms. The Kier molecular flexibility index (Phi) is 3.11. The smallest absolute Gasteiger partial charge is 0.329 e. The van der Waals surface area contributed by atoms with Gasteiger partial charge in [-0.1, -0.05) is 0 Å². The first-order valence-corrected chi connectivity index (χ1v) is 7.32. The van der Waals surface area contributed by atoms with Crippen LogP contribution in [0.2, 0.25) is 0 Å². The van der Waals surface area contributed by atoms with Crippen LogP contribution < -0.4 is 17.0 Å². The van der Waals surface area contributed by atoms with E-state index >= 15 is 0 Å². The molecule has 0 saturated heterocycles. The van der Waals surface area contributed by atoms with Crippen molar-refractivity contribution in [3.63, 3.8) is 0 Å². The number of hydrogen-bond acceptors (Lipinski definition) is 5. The molecule has 0 aliphatic rings. The van der Waals surface area contributed by atoms with Crippen LogP contribution in [0.15, 0.2) is 37.8 Å². The lowest BCUT2D eigenvalue weighted by Crippen LogP contribution is -2.45. The van der Waals surface area contributed by atoms with E-state index in [1.807, 2.05) is 0 Å². The molecule has 3 aromatic heterocycles. The Hall–Kier alpha value is -2.12. The van der Waals surface area contributed by atoms with Crippen molar-refractivity contribution < 1.29 is 4.42 Å². The van der Waals surface area contributed by atoms with E-state index in [-0.39, 0.29) is 12.1 Å². The SMILES string of the molecule is CC(C)(N)Cn1c(=O)[nH]c2scc(-c3ccco3)c2c1=O. The molecular formula is C14H15N3O3S. The standard InChI is InChI=1S/C14H15N3O3S/c1-14(2,15)7-17-12(18)10-8(9-4-3-5-20-9)6-21-11(10)16-13(17)19/h3-6H,7,15H2,1-2H3,(H,16,19). The maximum absolute atomic E-state index is 12.7. The number of H-pyrrole nitrogens is 1. The first-order chi connectivity index (χ1) is 9.87. The van der Waals surface area contributed by atoms with Crippen molar-refractivity contribution in [1.82, 2.24) is 9.55 Å². The van der Waals surface area contributed by atoms with Crippen LogP contribution in [0.3, 0.4) is 0 Å². The molecule has 110 valence electrons. The van der Waals surface area contributed by atoms with Crippen molar-refractivity contribution in [3.8, 4) is 11.3 Å². The van der Waals surface area contributed by atoms with Gasteiger partial charge in [-0.2, -0.15) is 0 Å². The van der Waals surface area contributed by atoms with E-state index in [0.29, 0.717) is 21.5 Å². The van der Waals surface area contributed by atoms with Gasteiger partial charge in [-0.25, -0.2) is 4.79 Å². The Morgan fingerprint density at radius 1 is 1.43 bits per heavy atom. The molecule has 0 unspecified atom stereocenters. The Labute approximate surface area is 123 Å². The summed E-state index contributed by atoms with van der Waals surface area (Å²) in [5.41, 5.74) is 5.16. The quantitative estimate of drug-likeness (QED) is 0.770. The minimum atomic E-state index is -0.661. The van der Waals surface area contributed by atoms with E-state index in [9.17, 15) is 9.59 Å². The summed E-state index contributed by atoms with van der Waals surface area (Å²) < 4.78 is 6.49. The van der Waals surface area contributed by atoms with E-state index < -0.39 is 11.2 Å². The summed E-state index contributed by atoms with van der Waals surface area (Å²) in [5, 5.41) is 2.26. The van der Waals surface area contributed by atoms with Gasteiger partial charge >= 0.3 is 5.69 Å². The fourth-order valence-corrected chi connectivity index (χ4v) is 3.15. The lowest BCUT2D eigenvalue weighted by atomic mass is 10.1. The molecule has 0 atom stereocenters. The minimum Gasteiger partial charge on any atom is -0.464 e. The number of nitrogens with one attached hydrogen (secondary N) is 1. The van der Waals surface area contributed by atoms with Gasteiger partial charge in [-0.15, -0.1) is 11.3 Å². The number of furan rings is 1. The number of aromatic nitrogens is 2. The van der Waals surface area contributed by atoms with Gasteiger partial charge in [0.05, 0.1) is 11.6 Å². The molecule has 0 saturated carbocycles. The molecule has 3 N–H and O–H groups in total. The molecule has 3 rings (SSSR count). The monoisotopic (exact) mass is 305 g/mol. The molecule has 0 aromatic carbocycles. The lowest BCUT2D eigenvalue weighted by molar-refractivity contribution is 0.417. The van der Waals surface area contributed by atoms with Gasteiger partial charge in [0.25, 0.3) is 5.56 Å². The molecule has 0 aliphatic carbocycles. The van der Waals surface area contributed by atoms with Crippen LogP contribution in [0.25, 0.3) is 21.5 Å². The Balaban J connectivity index is 2.30. The van der Waals surface area contributed by atoms with Crippen LogP contribution >= 0.6 is 11.3 Å². The highest BCUT2D eigenvalue weighted by Crippen LogP contribution is 2.30. The van der Waals surface area contributed by atoms with E-state index in [4.69, 9.17) is 10.2 Å². The van der Waals surface area contributed by atoms with E-state index in [1.165, 1.54) is 11.3 Å². The van der Waals surface area contributed by atoms with Crippen molar-refractivity contribution in [2.45, 2.75) is 25.9 Å². The van der Waals surface area contributed by atoms with Gasteiger partial charge in [0.15, 0.2) is 0 Å². The molecule has 7 heteroatoms. The number of aromatic amines is 1. The first kappa shape index (κ1) is 13.8. The molecule has 3 heterocycles. The van der Waals surface area contributed by atoms with E-state index in [0.717, 1.165) is 4.57 Å². The summed E-state index contributed by atoms with van der Waals surface area (Å²) in [6, 6.07) is 3.54. The van der Waals surface area contributed by atoms with Crippen LogP contribution in [-0.4, -0.2) is 15.1 Å². The van der Waals surface area contributed by atoms with Crippen LogP contribution in [0.4, 0.5) is 0 Å². The summed E-state index contributed by atoms with van der Waals surface area (Å²) in [7, 11) is 0. The Morgan fingerprint density at radius 2 is 2.19 bits per heavy atom. The average molecular weight is 305 g/mol. The maximum atomic E-state index is 12.7. The third-order valence-corrected chi connectivity index (χ3v) is 3.96. The van der Waals surface area contributed by atoms with Gasteiger partial charge in [0.1, 0.15) is 10.6 Å². The third kappa shape index (κ3) is 2.45. The summed E-state index contributed by atoms with van der Waals surface area (Å²) in [5.74, 6) is 0.601. The van der Waals surface area contributed by atoms with Gasteiger partial charge < -0.3 is 10.2 Å². The number of nitrogens with zero attached hydrogens (tertiary/aromatic N) is 1. The third-order valence-electron chi connectivity index (χ3n) is 3.07. The molecule has 0 radical (unpaired) electrons. The second-order valence-corrected chi connectivity index (χ2v) is 6.52. The minimum absolute atomic E-state index is 0.143. The molecule has 21 heavy (non-hydrogen) atoms. The number of hydrogen-bond donors (Lipinski definition) is 2. The second kappa shape index (κ2) is 4.71. The second-order valence-electron chi connectivity index (χ2n) is 5.64. The number of nitrogens with two attached hydrogens (primary N) is 1. The number of thiophene rings is 1. The predicted molar refractivity (Wildman–Crippen MR) is 82.7 cm³/mol. The summed E-state index contributed by atoms with van der Waals surface area (Å²) in [6.07, 6.45) is 1.55. The van der Waals surface area contributed by atoms with Crippen molar-refractivity contribution in [2.24, 2.45) is 5.73 Å². The molecular weight excluding hydrogens is 290 g/mol. The zero-order valence-corrected chi connectivity index (χ0v) is 12.5. The normalized spacial score (nSPS) is 12.1. The molecule has 0 amide bonds. The molecule has 6 nitrogen and oxygen atoms in total. The van der Waals surface area contributed by atoms with E-state index in [1.54, 1.807) is 37.6 Å². The largest absolute Gasteiger partial charge is 0.464 e. The van der Waals surface area contributed by atoms with Crippen molar-refractivity contribution in [2.75, 3.05) is 0 Å². The zero-order valence-electron chi connectivity index (χ0n) is 11.7. The highest BCUT2D eigenvalue weighted by Gasteiger charge is 2.20. The topological polar surface area (TPSA) is 94.0 Å². The Bertz CT molecular complexity index is 894. The Morgan fingerprint density at radius 3 is 2.81 bits per heavy atom. The molecule has 0 aliphatic heterocycles. The molecule has 3 aromatic rings. The van der Waals surface area contributed by atoms with Gasteiger partial charge in [0.2, 0.25) is 0 Å². The highest BCUT2D eigenvalue weighted by molar-refractivity contribution is 7.17. The van der Waals surface area contributed by atoms with Gasteiger partial charge in [-0.05, 0) is 26.0 Å². The fourth-order valence-electron chi connectivity index (χ4n) is 2.22. The van der Waals surface area contributed by atoms with Crippen molar-refractivity contribution >= 4 is 21.6 Å². The van der Waals surface area contributed by atoms with Crippen molar-refractivity contribution in [1.29, 1.82) is 0 Å². The lowest BCUT2D eigenvalue weighted by Gasteiger charge is -2.18. The van der Waals surface area contributed by atoms with Crippen LogP contribution in [-0.2, 0) is 6.54 Å². The average Bonchev–Trinajstić information content (AvgIpc) is 3.00. The van der Waals surface area contributed by atoms with E-state index in [2.05, 4.69) is 4.98 Å². The first-order valence-electron chi connectivity index (χ1n) is 6.44. The zero-order chi connectivity index (χ0) is 15.2. The fraction of sp³-hybridized carbons (Fsp3) is 0.286. The number of rotatable bonds is 3. The molecule has 0 fully saturated rings. The van der Waals surface area contributed by atoms with Crippen molar-refractivity contribution in [3.05, 3.63) is 44.6 Å². The molecule has 0 spiro atoms. The highest BCUT2D eigenvalue weighted by atomic mass is 32.1. The van der Waals surface area contributed by atoms with Gasteiger partial charge in [0, 0.05) is 23.0 Å². The maximum Gasteiger partial charge on any atom is 0.329 e. The number of fused-ring (bicyclic) bond motifs is 1. The van der Waals surface area contributed by atoms with Crippen LogP contribution in [0.5, 0.6) is 0 Å². The summed E-state index contributed by atoms with van der Waals surface area (Å²) >= 11 is 1.31. The van der Waals surface area contributed by atoms with Crippen LogP contribution in [0.1, 0.15) is 13.8 Å². The predicted octanol–water partition coefficient (Wildman–Crippen LogP) is 1.75.